The summed E-state index contributed by atoms with van der Waals surface area (Å²) in [7, 11) is 0. The molecule has 0 aromatic heterocycles. The lowest BCUT2D eigenvalue weighted by Crippen LogP contribution is -2.25. The number of carbonyl (C=O) groups is 1. The van der Waals surface area contributed by atoms with E-state index in [1.54, 1.807) is 0 Å². The van der Waals surface area contributed by atoms with Gasteiger partial charge in [0.2, 0.25) is 5.91 Å². The van der Waals surface area contributed by atoms with E-state index in [4.69, 9.17) is 4.74 Å². The molecular formula is C23H21NO2. The van der Waals surface area contributed by atoms with Gasteiger partial charge in [0, 0.05) is 16.8 Å². The Labute approximate surface area is 153 Å². The summed E-state index contributed by atoms with van der Waals surface area (Å²) in [6.07, 6.45) is 0. The number of fused-ring (bicyclic) bond motifs is 2. The number of ether oxygens (including phenoxy) is 1. The van der Waals surface area contributed by atoms with Gasteiger partial charge in [0.05, 0.1) is 5.92 Å². The summed E-state index contributed by atoms with van der Waals surface area (Å²) in [4.78, 5) is 13.1. The predicted octanol–water partition coefficient (Wildman–Crippen LogP) is 5.69. The van der Waals surface area contributed by atoms with Gasteiger partial charge >= 0.3 is 0 Å². The maximum atomic E-state index is 13.1. The summed E-state index contributed by atoms with van der Waals surface area (Å²) < 4.78 is 5.97. The van der Waals surface area contributed by atoms with E-state index in [9.17, 15) is 4.79 Å². The average molecular weight is 343 g/mol. The van der Waals surface area contributed by atoms with Gasteiger partial charge in [-0.1, -0.05) is 62.4 Å². The van der Waals surface area contributed by atoms with Crippen molar-refractivity contribution < 1.29 is 9.53 Å². The number of rotatable bonds is 3. The molecule has 1 N–H and O–H groups in total. The maximum absolute atomic E-state index is 13.1. The number of hydrogen-bond donors (Lipinski definition) is 1. The zero-order valence-electron chi connectivity index (χ0n) is 14.9. The van der Waals surface area contributed by atoms with E-state index < -0.39 is 0 Å². The van der Waals surface area contributed by atoms with Crippen LogP contribution in [0.15, 0.2) is 72.8 Å². The number of hydrogen-bond acceptors (Lipinski definition) is 2. The fourth-order valence-electron chi connectivity index (χ4n) is 3.36. The second-order valence-electron chi connectivity index (χ2n) is 6.88. The van der Waals surface area contributed by atoms with Crippen molar-refractivity contribution in [2.75, 3.05) is 5.32 Å². The first-order valence-electron chi connectivity index (χ1n) is 8.90. The Hall–Kier alpha value is -3.07. The van der Waals surface area contributed by atoms with Crippen molar-refractivity contribution >= 4 is 11.6 Å². The molecule has 0 saturated carbocycles. The molecule has 1 heterocycles. The van der Waals surface area contributed by atoms with Crippen LogP contribution in [0.2, 0.25) is 0 Å². The van der Waals surface area contributed by atoms with Crippen molar-refractivity contribution in [3.63, 3.8) is 0 Å². The van der Waals surface area contributed by atoms with Crippen LogP contribution in [-0.4, -0.2) is 5.91 Å². The van der Waals surface area contributed by atoms with Crippen molar-refractivity contribution in [3.05, 3.63) is 89.5 Å². The smallest absolute Gasteiger partial charge is 0.236 e. The highest BCUT2D eigenvalue weighted by Gasteiger charge is 2.32. The molecular weight excluding hydrogens is 322 g/mol. The normalized spacial score (nSPS) is 12.9. The van der Waals surface area contributed by atoms with Gasteiger partial charge in [-0.2, -0.15) is 0 Å². The van der Waals surface area contributed by atoms with Crippen LogP contribution >= 0.6 is 0 Å². The standard InChI is InChI=1S/C23H21NO2/c1-15(2)16-11-13-17(14-12-16)24-23(25)22-18-7-3-5-9-20(18)26-21-10-6-4-8-19(21)22/h3-15,22H,1-2H3,(H,24,25). The van der Waals surface area contributed by atoms with Crippen LogP contribution in [0.25, 0.3) is 0 Å². The molecule has 130 valence electrons. The molecule has 3 aromatic rings. The number of amides is 1. The highest BCUT2D eigenvalue weighted by Crippen LogP contribution is 2.44. The lowest BCUT2D eigenvalue weighted by atomic mass is 9.87. The minimum Gasteiger partial charge on any atom is -0.457 e. The molecule has 0 fully saturated rings. The highest BCUT2D eigenvalue weighted by molar-refractivity contribution is 5.99. The first kappa shape index (κ1) is 16.4. The van der Waals surface area contributed by atoms with Gasteiger partial charge in [0.15, 0.2) is 0 Å². The van der Waals surface area contributed by atoms with Crippen LogP contribution in [0.4, 0.5) is 5.69 Å². The van der Waals surface area contributed by atoms with Crippen LogP contribution in [0.1, 0.15) is 42.4 Å². The van der Waals surface area contributed by atoms with Crippen molar-refractivity contribution in [3.8, 4) is 11.5 Å². The highest BCUT2D eigenvalue weighted by atomic mass is 16.5. The Bertz CT molecular complexity index is 899. The molecule has 0 unspecified atom stereocenters. The van der Waals surface area contributed by atoms with Crippen LogP contribution in [0.5, 0.6) is 11.5 Å². The van der Waals surface area contributed by atoms with Gasteiger partial charge in [-0.05, 0) is 35.7 Å². The summed E-state index contributed by atoms with van der Waals surface area (Å²) in [6.45, 7) is 4.31. The minimum absolute atomic E-state index is 0.0505. The Balaban J connectivity index is 1.67. The second-order valence-corrected chi connectivity index (χ2v) is 6.88. The Morgan fingerprint density at radius 3 is 1.92 bits per heavy atom. The molecule has 0 atom stereocenters. The number of nitrogens with one attached hydrogen (secondary N) is 1. The third kappa shape index (κ3) is 2.97. The third-order valence-electron chi connectivity index (χ3n) is 4.79. The van der Waals surface area contributed by atoms with E-state index in [0.717, 1.165) is 28.3 Å². The largest absolute Gasteiger partial charge is 0.457 e. The molecule has 1 aliphatic heterocycles. The molecule has 1 aliphatic rings. The third-order valence-corrected chi connectivity index (χ3v) is 4.79. The first-order valence-corrected chi connectivity index (χ1v) is 8.90. The molecule has 1 amide bonds. The van der Waals surface area contributed by atoms with E-state index >= 15 is 0 Å². The lowest BCUT2D eigenvalue weighted by molar-refractivity contribution is -0.116. The Kier molecular flexibility index (Phi) is 4.21. The first-order chi connectivity index (χ1) is 12.6. The lowest BCUT2D eigenvalue weighted by Gasteiger charge is -2.27. The number of carbonyl (C=O) groups excluding carboxylic acids is 1. The fraction of sp³-hybridized carbons (Fsp3) is 0.174. The molecule has 3 heteroatoms. The van der Waals surface area contributed by atoms with Crippen molar-refractivity contribution in [1.82, 2.24) is 0 Å². The summed E-state index contributed by atoms with van der Waals surface area (Å²) >= 11 is 0. The van der Waals surface area contributed by atoms with Crippen LogP contribution < -0.4 is 10.1 Å². The zero-order valence-corrected chi connectivity index (χ0v) is 14.9. The van der Waals surface area contributed by atoms with Gasteiger partial charge in [-0.15, -0.1) is 0 Å². The Morgan fingerprint density at radius 2 is 1.38 bits per heavy atom. The minimum atomic E-state index is -0.388. The summed E-state index contributed by atoms with van der Waals surface area (Å²) in [5.74, 6) is 1.50. The predicted molar refractivity (Wildman–Crippen MR) is 104 cm³/mol. The van der Waals surface area contributed by atoms with E-state index in [1.807, 2.05) is 60.7 Å². The summed E-state index contributed by atoms with van der Waals surface area (Å²) in [5.41, 5.74) is 3.84. The van der Waals surface area contributed by atoms with Gasteiger partial charge in [-0.25, -0.2) is 0 Å². The van der Waals surface area contributed by atoms with E-state index in [1.165, 1.54) is 5.56 Å². The molecule has 4 rings (SSSR count). The summed E-state index contributed by atoms with van der Waals surface area (Å²) in [5, 5.41) is 3.07. The van der Waals surface area contributed by atoms with Crippen LogP contribution in [0, 0.1) is 0 Å². The SMILES string of the molecule is CC(C)c1ccc(NC(=O)C2c3ccccc3Oc3ccccc32)cc1. The summed E-state index contributed by atoms with van der Waals surface area (Å²) in [6, 6.07) is 23.5. The van der Waals surface area contributed by atoms with Crippen LogP contribution in [0.3, 0.4) is 0 Å². The van der Waals surface area contributed by atoms with Gasteiger partial charge in [0.25, 0.3) is 0 Å². The second kappa shape index (κ2) is 6.68. The van der Waals surface area contributed by atoms with E-state index in [2.05, 4.69) is 31.3 Å². The van der Waals surface area contributed by atoms with Crippen molar-refractivity contribution in [2.45, 2.75) is 25.7 Å². The topological polar surface area (TPSA) is 38.3 Å². The molecule has 3 nitrogen and oxygen atoms in total. The Morgan fingerprint density at radius 1 is 0.846 bits per heavy atom. The molecule has 0 saturated heterocycles. The molecule has 26 heavy (non-hydrogen) atoms. The van der Waals surface area contributed by atoms with Crippen molar-refractivity contribution in [2.24, 2.45) is 0 Å². The quantitative estimate of drug-likeness (QED) is 0.664. The fourth-order valence-corrected chi connectivity index (χ4v) is 3.36. The molecule has 0 aliphatic carbocycles. The molecule has 0 bridgehead atoms. The number of para-hydroxylation sites is 2. The average Bonchev–Trinajstić information content (AvgIpc) is 2.66. The maximum Gasteiger partial charge on any atom is 0.236 e. The number of benzene rings is 3. The van der Waals surface area contributed by atoms with Crippen LogP contribution in [-0.2, 0) is 4.79 Å². The van der Waals surface area contributed by atoms with E-state index in [0.29, 0.717) is 5.92 Å². The van der Waals surface area contributed by atoms with Gasteiger partial charge in [0.1, 0.15) is 11.5 Å². The van der Waals surface area contributed by atoms with Gasteiger partial charge in [-0.3, -0.25) is 4.79 Å². The van der Waals surface area contributed by atoms with Crippen molar-refractivity contribution in [1.29, 1.82) is 0 Å². The number of anilines is 1. The molecule has 0 radical (unpaired) electrons. The van der Waals surface area contributed by atoms with E-state index in [-0.39, 0.29) is 11.8 Å². The molecule has 0 spiro atoms. The molecule has 3 aromatic carbocycles. The zero-order chi connectivity index (χ0) is 18.1. The monoisotopic (exact) mass is 343 g/mol. The van der Waals surface area contributed by atoms with Gasteiger partial charge < -0.3 is 10.1 Å².